The summed E-state index contributed by atoms with van der Waals surface area (Å²) >= 11 is 0. The molecule has 1 rings (SSSR count). The van der Waals surface area contributed by atoms with Gasteiger partial charge in [0.05, 0.1) is 13.2 Å². The number of hydrogen-bond acceptors (Lipinski definition) is 5. The molecule has 0 radical (unpaired) electrons. The molecule has 108 valence electrons. The normalized spacial score (nSPS) is 13.9. The van der Waals surface area contributed by atoms with E-state index in [1.165, 1.54) is 13.2 Å². The molecule has 6 nitrogen and oxygen atoms in total. The standard InChI is InChI=1S/C13H23N3O3/c1-5-13(3,8-14-6-2)9-15-12(17)10-7-11(18-4)19-16-10/h7,14H,5-6,8-9H2,1-4H3,(H,15,17). The number of rotatable bonds is 8. The Morgan fingerprint density at radius 1 is 1.47 bits per heavy atom. The van der Waals surface area contributed by atoms with Crippen LogP contribution in [0, 0.1) is 5.41 Å². The molecule has 0 spiro atoms. The Labute approximate surface area is 113 Å². The summed E-state index contributed by atoms with van der Waals surface area (Å²) in [4.78, 5) is 11.9. The average molecular weight is 269 g/mol. The molecule has 6 heteroatoms. The molecule has 1 amide bonds. The zero-order valence-corrected chi connectivity index (χ0v) is 12.1. The van der Waals surface area contributed by atoms with Crippen molar-refractivity contribution in [2.75, 3.05) is 26.7 Å². The zero-order chi connectivity index (χ0) is 14.3. The summed E-state index contributed by atoms with van der Waals surface area (Å²) in [6, 6.07) is 1.48. The van der Waals surface area contributed by atoms with Crippen LogP contribution in [0.15, 0.2) is 10.6 Å². The van der Waals surface area contributed by atoms with Crippen LogP contribution in [0.1, 0.15) is 37.7 Å². The number of nitrogens with one attached hydrogen (secondary N) is 2. The summed E-state index contributed by atoms with van der Waals surface area (Å²) in [7, 11) is 1.47. The number of carbonyl (C=O) groups excluding carboxylic acids is 1. The Hall–Kier alpha value is -1.56. The molecule has 0 bridgehead atoms. The fourth-order valence-corrected chi connectivity index (χ4v) is 1.59. The number of aromatic nitrogens is 1. The average Bonchev–Trinajstić information content (AvgIpc) is 2.91. The largest absolute Gasteiger partial charge is 0.467 e. The van der Waals surface area contributed by atoms with Crippen molar-refractivity contribution < 1.29 is 14.1 Å². The molecular weight excluding hydrogens is 246 g/mol. The van der Waals surface area contributed by atoms with Crippen LogP contribution in [-0.2, 0) is 0 Å². The van der Waals surface area contributed by atoms with Gasteiger partial charge >= 0.3 is 5.95 Å². The summed E-state index contributed by atoms with van der Waals surface area (Å²) < 4.78 is 9.66. The van der Waals surface area contributed by atoms with Crippen LogP contribution in [0.5, 0.6) is 5.95 Å². The first kappa shape index (κ1) is 15.5. The van der Waals surface area contributed by atoms with Gasteiger partial charge in [0.1, 0.15) is 0 Å². The van der Waals surface area contributed by atoms with Gasteiger partial charge in [0, 0.05) is 13.1 Å². The second-order valence-electron chi connectivity index (χ2n) is 4.86. The number of nitrogens with zero attached hydrogens (tertiary/aromatic N) is 1. The van der Waals surface area contributed by atoms with Crippen molar-refractivity contribution in [2.45, 2.75) is 27.2 Å². The maximum Gasteiger partial charge on any atom is 0.311 e. The van der Waals surface area contributed by atoms with Gasteiger partial charge in [0.15, 0.2) is 5.69 Å². The molecule has 1 aromatic heterocycles. The lowest BCUT2D eigenvalue weighted by Crippen LogP contribution is -2.41. The highest BCUT2D eigenvalue weighted by Gasteiger charge is 2.23. The molecule has 1 atom stereocenters. The third-order valence-corrected chi connectivity index (χ3v) is 3.25. The molecule has 1 aromatic rings. The van der Waals surface area contributed by atoms with Gasteiger partial charge in [-0.1, -0.05) is 25.9 Å². The highest BCUT2D eigenvalue weighted by molar-refractivity contribution is 5.92. The molecule has 0 aliphatic heterocycles. The molecule has 0 aliphatic rings. The summed E-state index contributed by atoms with van der Waals surface area (Å²) in [5.74, 6) is -0.0146. The van der Waals surface area contributed by atoms with Crippen molar-refractivity contribution in [1.82, 2.24) is 15.8 Å². The molecule has 1 unspecified atom stereocenters. The van der Waals surface area contributed by atoms with E-state index in [4.69, 9.17) is 9.26 Å². The van der Waals surface area contributed by atoms with Gasteiger partial charge in [0.2, 0.25) is 0 Å². The second-order valence-corrected chi connectivity index (χ2v) is 4.86. The summed E-state index contributed by atoms with van der Waals surface area (Å²) in [5.41, 5.74) is 0.262. The van der Waals surface area contributed by atoms with Gasteiger partial charge in [-0.2, -0.15) is 0 Å². The van der Waals surface area contributed by atoms with E-state index >= 15 is 0 Å². The van der Waals surface area contributed by atoms with Crippen molar-refractivity contribution in [3.8, 4) is 5.95 Å². The number of carbonyl (C=O) groups is 1. The number of ether oxygens (including phenoxy) is 1. The molecule has 19 heavy (non-hydrogen) atoms. The first-order valence-corrected chi connectivity index (χ1v) is 6.54. The van der Waals surface area contributed by atoms with E-state index in [9.17, 15) is 4.79 Å². The van der Waals surface area contributed by atoms with Crippen LogP contribution in [-0.4, -0.2) is 37.8 Å². The minimum absolute atomic E-state index is 0.0273. The van der Waals surface area contributed by atoms with E-state index in [1.54, 1.807) is 0 Å². The summed E-state index contributed by atoms with van der Waals surface area (Å²) in [6.45, 7) is 8.69. The van der Waals surface area contributed by atoms with Gasteiger partial charge in [-0.05, 0) is 18.4 Å². The van der Waals surface area contributed by atoms with Crippen molar-refractivity contribution in [3.63, 3.8) is 0 Å². The maximum atomic E-state index is 11.9. The van der Waals surface area contributed by atoms with Crippen molar-refractivity contribution in [2.24, 2.45) is 5.41 Å². The van der Waals surface area contributed by atoms with Gasteiger partial charge < -0.3 is 19.9 Å². The molecule has 0 fully saturated rings. The van der Waals surface area contributed by atoms with Crippen LogP contribution < -0.4 is 15.4 Å². The van der Waals surface area contributed by atoms with Crippen molar-refractivity contribution in [1.29, 1.82) is 0 Å². The fourth-order valence-electron chi connectivity index (χ4n) is 1.59. The van der Waals surface area contributed by atoms with Crippen LogP contribution in [0.25, 0.3) is 0 Å². The topological polar surface area (TPSA) is 76.4 Å². The summed E-state index contributed by atoms with van der Waals surface area (Å²) in [5, 5.41) is 9.84. The molecule has 0 saturated carbocycles. The maximum absolute atomic E-state index is 11.9. The smallest absolute Gasteiger partial charge is 0.311 e. The van der Waals surface area contributed by atoms with Crippen LogP contribution in [0.3, 0.4) is 0 Å². The lowest BCUT2D eigenvalue weighted by atomic mass is 9.87. The van der Waals surface area contributed by atoms with Crippen molar-refractivity contribution >= 4 is 5.91 Å². The predicted molar refractivity (Wildman–Crippen MR) is 72.3 cm³/mol. The van der Waals surface area contributed by atoms with E-state index < -0.39 is 0 Å². The Morgan fingerprint density at radius 3 is 2.74 bits per heavy atom. The van der Waals surface area contributed by atoms with E-state index in [-0.39, 0.29) is 23.0 Å². The molecule has 2 N–H and O–H groups in total. The molecular formula is C13H23N3O3. The number of methoxy groups -OCH3 is 1. The molecule has 0 aliphatic carbocycles. The van der Waals surface area contributed by atoms with E-state index in [2.05, 4.69) is 36.6 Å². The lowest BCUT2D eigenvalue weighted by Gasteiger charge is -2.28. The Bertz CT molecular complexity index is 406. The van der Waals surface area contributed by atoms with Crippen LogP contribution >= 0.6 is 0 Å². The van der Waals surface area contributed by atoms with E-state index in [1.807, 2.05) is 0 Å². The molecule has 1 heterocycles. The van der Waals surface area contributed by atoms with Gasteiger partial charge in [-0.15, -0.1) is 0 Å². The van der Waals surface area contributed by atoms with E-state index in [0.717, 1.165) is 19.5 Å². The lowest BCUT2D eigenvalue weighted by molar-refractivity contribution is 0.0922. The minimum Gasteiger partial charge on any atom is -0.467 e. The first-order chi connectivity index (χ1) is 9.04. The van der Waals surface area contributed by atoms with Crippen molar-refractivity contribution in [3.05, 3.63) is 11.8 Å². The van der Waals surface area contributed by atoms with Crippen LogP contribution in [0.4, 0.5) is 0 Å². The second kappa shape index (κ2) is 7.13. The van der Waals surface area contributed by atoms with Gasteiger partial charge in [-0.25, -0.2) is 0 Å². The highest BCUT2D eigenvalue weighted by atomic mass is 16.6. The predicted octanol–water partition coefficient (Wildman–Crippen LogP) is 1.44. The van der Waals surface area contributed by atoms with Gasteiger partial charge in [-0.3, -0.25) is 4.79 Å². The minimum atomic E-state index is -0.247. The first-order valence-electron chi connectivity index (χ1n) is 6.54. The third kappa shape index (κ3) is 4.55. The molecule has 0 saturated heterocycles. The highest BCUT2D eigenvalue weighted by Crippen LogP contribution is 2.19. The van der Waals surface area contributed by atoms with Crippen LogP contribution in [0.2, 0.25) is 0 Å². The quantitative estimate of drug-likeness (QED) is 0.747. The zero-order valence-electron chi connectivity index (χ0n) is 12.1. The number of hydrogen-bond donors (Lipinski definition) is 2. The van der Waals surface area contributed by atoms with E-state index in [0.29, 0.717) is 6.54 Å². The Kier molecular flexibility index (Phi) is 5.82. The Morgan fingerprint density at radius 2 is 2.21 bits per heavy atom. The summed E-state index contributed by atoms with van der Waals surface area (Å²) in [6.07, 6.45) is 0.975. The monoisotopic (exact) mass is 269 g/mol. The Balaban J connectivity index is 2.52. The SMILES string of the molecule is CCNCC(C)(CC)CNC(=O)c1cc(OC)on1. The fraction of sp³-hybridized carbons (Fsp3) is 0.692. The van der Waals surface area contributed by atoms with Gasteiger partial charge in [0.25, 0.3) is 5.91 Å². The third-order valence-electron chi connectivity index (χ3n) is 3.25. The molecule has 0 aromatic carbocycles. The number of amides is 1.